The van der Waals surface area contributed by atoms with Crippen LogP contribution in [0.4, 0.5) is 4.79 Å². The average molecular weight is 242 g/mol. The number of rotatable bonds is 5. The molecule has 1 saturated carbocycles. The van der Waals surface area contributed by atoms with E-state index in [-0.39, 0.29) is 24.0 Å². The second-order valence-corrected chi connectivity index (χ2v) is 4.58. The highest BCUT2D eigenvalue weighted by Gasteiger charge is 2.25. The van der Waals surface area contributed by atoms with Gasteiger partial charge in [-0.3, -0.25) is 4.79 Å². The zero-order chi connectivity index (χ0) is 12.7. The Morgan fingerprint density at radius 2 is 1.94 bits per heavy atom. The molecule has 2 amide bonds. The molecule has 0 spiro atoms. The lowest BCUT2D eigenvalue weighted by molar-refractivity contribution is -0.122. The largest absolute Gasteiger partial charge is 0.450 e. The van der Waals surface area contributed by atoms with E-state index in [4.69, 9.17) is 10.5 Å². The minimum Gasteiger partial charge on any atom is -0.450 e. The van der Waals surface area contributed by atoms with Crippen molar-refractivity contribution in [3.05, 3.63) is 0 Å². The summed E-state index contributed by atoms with van der Waals surface area (Å²) in [4.78, 5) is 22.3. The molecule has 1 aliphatic rings. The van der Waals surface area contributed by atoms with Crippen LogP contribution in [-0.2, 0) is 9.53 Å². The number of amides is 2. The molecule has 0 unspecified atom stereocenters. The molecule has 1 fully saturated rings. The molecule has 0 aliphatic heterocycles. The SMILES string of the molecule is CCCCOC(=O)NC1CCC(C(N)=O)CC1. The van der Waals surface area contributed by atoms with Crippen molar-refractivity contribution in [2.45, 2.75) is 51.5 Å². The zero-order valence-corrected chi connectivity index (χ0v) is 10.4. The first kappa shape index (κ1) is 13.8. The van der Waals surface area contributed by atoms with Gasteiger partial charge in [-0.05, 0) is 32.1 Å². The molecule has 0 saturated heterocycles. The number of hydrogen-bond acceptors (Lipinski definition) is 3. The monoisotopic (exact) mass is 242 g/mol. The van der Waals surface area contributed by atoms with Crippen LogP contribution in [0.25, 0.3) is 0 Å². The molecule has 3 N–H and O–H groups in total. The van der Waals surface area contributed by atoms with Crippen LogP contribution in [-0.4, -0.2) is 24.6 Å². The highest BCUT2D eigenvalue weighted by atomic mass is 16.5. The van der Waals surface area contributed by atoms with Crippen LogP contribution in [0.5, 0.6) is 0 Å². The van der Waals surface area contributed by atoms with Crippen LogP contribution in [0.3, 0.4) is 0 Å². The number of carbonyl (C=O) groups is 2. The first-order chi connectivity index (χ1) is 8.13. The van der Waals surface area contributed by atoms with Crippen molar-refractivity contribution in [1.82, 2.24) is 5.32 Å². The van der Waals surface area contributed by atoms with E-state index in [0.717, 1.165) is 38.5 Å². The molecule has 0 aromatic heterocycles. The van der Waals surface area contributed by atoms with E-state index in [1.54, 1.807) is 0 Å². The Bertz CT molecular complexity index is 260. The van der Waals surface area contributed by atoms with Gasteiger partial charge in [0.15, 0.2) is 0 Å². The Morgan fingerprint density at radius 1 is 1.29 bits per heavy atom. The van der Waals surface area contributed by atoms with Gasteiger partial charge in [-0.15, -0.1) is 0 Å². The van der Waals surface area contributed by atoms with Gasteiger partial charge in [0, 0.05) is 12.0 Å². The molecule has 0 aromatic carbocycles. The van der Waals surface area contributed by atoms with Crippen molar-refractivity contribution in [2.24, 2.45) is 11.7 Å². The van der Waals surface area contributed by atoms with Gasteiger partial charge in [0.05, 0.1) is 6.61 Å². The van der Waals surface area contributed by atoms with Gasteiger partial charge >= 0.3 is 6.09 Å². The summed E-state index contributed by atoms with van der Waals surface area (Å²) >= 11 is 0. The normalized spacial score (nSPS) is 24.1. The quantitative estimate of drug-likeness (QED) is 0.718. The number of alkyl carbamates (subject to hydrolysis) is 1. The van der Waals surface area contributed by atoms with Crippen LogP contribution in [0.1, 0.15) is 45.4 Å². The third-order valence-corrected chi connectivity index (χ3v) is 3.18. The van der Waals surface area contributed by atoms with Gasteiger partial charge in [0.2, 0.25) is 5.91 Å². The maximum atomic E-state index is 11.4. The Morgan fingerprint density at radius 3 is 2.47 bits per heavy atom. The number of unbranched alkanes of at least 4 members (excludes halogenated alkanes) is 1. The third kappa shape index (κ3) is 5.06. The van der Waals surface area contributed by atoms with Gasteiger partial charge in [-0.1, -0.05) is 13.3 Å². The van der Waals surface area contributed by atoms with Gasteiger partial charge < -0.3 is 15.8 Å². The maximum absolute atomic E-state index is 11.4. The summed E-state index contributed by atoms with van der Waals surface area (Å²) in [7, 11) is 0. The summed E-state index contributed by atoms with van der Waals surface area (Å²) in [5.41, 5.74) is 5.24. The summed E-state index contributed by atoms with van der Waals surface area (Å²) in [6.45, 7) is 2.52. The minimum absolute atomic E-state index is 0.0239. The van der Waals surface area contributed by atoms with E-state index in [2.05, 4.69) is 5.32 Å². The zero-order valence-electron chi connectivity index (χ0n) is 10.4. The number of hydrogen-bond donors (Lipinski definition) is 2. The lowest BCUT2D eigenvalue weighted by Gasteiger charge is -2.26. The smallest absolute Gasteiger partial charge is 0.407 e. The van der Waals surface area contributed by atoms with Gasteiger partial charge in [-0.2, -0.15) is 0 Å². The van der Waals surface area contributed by atoms with Crippen molar-refractivity contribution in [3.8, 4) is 0 Å². The summed E-state index contributed by atoms with van der Waals surface area (Å²) in [5, 5.41) is 2.82. The number of carbonyl (C=O) groups excluding carboxylic acids is 2. The first-order valence-corrected chi connectivity index (χ1v) is 6.36. The fourth-order valence-electron chi connectivity index (χ4n) is 2.04. The topological polar surface area (TPSA) is 81.4 Å². The van der Waals surface area contributed by atoms with Crippen molar-refractivity contribution in [3.63, 3.8) is 0 Å². The summed E-state index contributed by atoms with van der Waals surface area (Å²) in [6, 6.07) is 0.125. The molecular formula is C12H22N2O3. The molecular weight excluding hydrogens is 220 g/mol. The number of ether oxygens (including phenoxy) is 1. The van der Waals surface area contributed by atoms with E-state index < -0.39 is 0 Å². The van der Waals surface area contributed by atoms with Crippen molar-refractivity contribution in [2.75, 3.05) is 6.61 Å². The number of primary amides is 1. The number of nitrogens with one attached hydrogen (secondary N) is 1. The standard InChI is InChI=1S/C12H22N2O3/c1-2-3-8-17-12(16)14-10-6-4-9(5-7-10)11(13)15/h9-10H,2-8H2,1H3,(H2,13,15)(H,14,16). The molecule has 0 radical (unpaired) electrons. The summed E-state index contributed by atoms with van der Waals surface area (Å²) < 4.78 is 5.02. The predicted octanol–water partition coefficient (Wildman–Crippen LogP) is 1.56. The second-order valence-electron chi connectivity index (χ2n) is 4.58. The Balaban J connectivity index is 2.17. The molecule has 17 heavy (non-hydrogen) atoms. The Hall–Kier alpha value is -1.26. The van der Waals surface area contributed by atoms with E-state index in [9.17, 15) is 9.59 Å². The highest BCUT2D eigenvalue weighted by Crippen LogP contribution is 2.23. The molecule has 0 bridgehead atoms. The summed E-state index contributed by atoms with van der Waals surface area (Å²) in [5.74, 6) is -0.252. The number of nitrogens with two attached hydrogens (primary N) is 1. The van der Waals surface area contributed by atoms with Crippen molar-refractivity contribution >= 4 is 12.0 Å². The van der Waals surface area contributed by atoms with Crippen LogP contribution >= 0.6 is 0 Å². The van der Waals surface area contributed by atoms with Crippen molar-refractivity contribution < 1.29 is 14.3 Å². The molecule has 1 rings (SSSR count). The molecule has 5 heteroatoms. The third-order valence-electron chi connectivity index (χ3n) is 3.18. The van der Waals surface area contributed by atoms with Crippen LogP contribution in [0.15, 0.2) is 0 Å². The maximum Gasteiger partial charge on any atom is 0.407 e. The second kappa shape index (κ2) is 7.14. The lowest BCUT2D eigenvalue weighted by Crippen LogP contribution is -2.40. The molecule has 0 atom stereocenters. The van der Waals surface area contributed by atoms with Crippen LogP contribution in [0, 0.1) is 5.92 Å². The molecule has 1 aliphatic carbocycles. The van der Waals surface area contributed by atoms with Crippen molar-refractivity contribution in [1.29, 1.82) is 0 Å². The van der Waals surface area contributed by atoms with Crippen LogP contribution in [0.2, 0.25) is 0 Å². The van der Waals surface area contributed by atoms with Crippen LogP contribution < -0.4 is 11.1 Å². The van der Waals surface area contributed by atoms with E-state index in [1.807, 2.05) is 6.92 Å². The molecule has 0 aromatic rings. The fraction of sp³-hybridized carbons (Fsp3) is 0.833. The van der Waals surface area contributed by atoms with E-state index in [0.29, 0.717) is 6.61 Å². The molecule has 98 valence electrons. The highest BCUT2D eigenvalue weighted by molar-refractivity contribution is 5.76. The fourth-order valence-corrected chi connectivity index (χ4v) is 2.04. The molecule has 0 heterocycles. The first-order valence-electron chi connectivity index (χ1n) is 6.36. The summed E-state index contributed by atoms with van der Waals surface area (Å²) in [6.07, 6.45) is 4.68. The van der Waals surface area contributed by atoms with E-state index in [1.165, 1.54) is 0 Å². The van der Waals surface area contributed by atoms with E-state index >= 15 is 0 Å². The lowest BCUT2D eigenvalue weighted by atomic mass is 9.86. The van der Waals surface area contributed by atoms with Gasteiger partial charge in [-0.25, -0.2) is 4.79 Å². The Labute approximate surface area is 102 Å². The minimum atomic E-state index is -0.346. The average Bonchev–Trinajstić information content (AvgIpc) is 2.30. The Kier molecular flexibility index (Phi) is 5.80. The molecule has 5 nitrogen and oxygen atoms in total. The van der Waals surface area contributed by atoms with Gasteiger partial charge in [0.25, 0.3) is 0 Å². The predicted molar refractivity (Wildman–Crippen MR) is 64.3 cm³/mol. The van der Waals surface area contributed by atoms with Gasteiger partial charge in [0.1, 0.15) is 0 Å².